The molecule has 28 heavy (non-hydrogen) atoms. The van der Waals surface area contributed by atoms with Gasteiger partial charge in [0.05, 0.1) is 6.04 Å². The summed E-state index contributed by atoms with van der Waals surface area (Å²) in [6, 6.07) is 5.00. The molecule has 1 aromatic rings. The average Bonchev–Trinajstić information content (AvgIpc) is 2.67. The van der Waals surface area contributed by atoms with Gasteiger partial charge in [-0.3, -0.25) is 19.2 Å². The number of aliphatic carboxylic acids is 1. The summed E-state index contributed by atoms with van der Waals surface area (Å²) in [5.74, 6) is -2.86. The van der Waals surface area contributed by atoms with E-state index in [2.05, 4.69) is 28.6 Å². The zero-order valence-electron chi connectivity index (χ0n) is 15.7. The molecule has 0 spiro atoms. The van der Waals surface area contributed by atoms with Crippen LogP contribution in [0, 0.1) is 0 Å². The predicted octanol–water partition coefficient (Wildman–Crippen LogP) is -0.935. The summed E-state index contributed by atoms with van der Waals surface area (Å²) in [5, 5.41) is 16.3. The van der Waals surface area contributed by atoms with Crippen LogP contribution in [0.5, 0.6) is 0 Å². The number of benzene rings is 1. The van der Waals surface area contributed by atoms with Crippen molar-refractivity contribution in [2.75, 3.05) is 5.75 Å². The van der Waals surface area contributed by atoms with E-state index in [4.69, 9.17) is 10.8 Å². The van der Waals surface area contributed by atoms with E-state index in [0.29, 0.717) is 0 Å². The van der Waals surface area contributed by atoms with Gasteiger partial charge in [-0.05, 0) is 19.4 Å². The van der Waals surface area contributed by atoms with E-state index in [1.165, 1.54) is 13.8 Å². The largest absolute Gasteiger partial charge is 0.480 e. The molecular weight excluding hydrogens is 384 g/mol. The van der Waals surface area contributed by atoms with Gasteiger partial charge < -0.3 is 26.8 Å². The second kappa shape index (κ2) is 11.3. The Morgan fingerprint density at radius 1 is 0.964 bits per heavy atom. The fourth-order valence-corrected chi connectivity index (χ4v) is 2.37. The summed E-state index contributed by atoms with van der Waals surface area (Å²) in [7, 11) is 0. The van der Waals surface area contributed by atoms with Crippen molar-refractivity contribution in [1.29, 1.82) is 0 Å². The van der Waals surface area contributed by atoms with Crippen molar-refractivity contribution in [3.05, 3.63) is 35.9 Å². The summed E-state index contributed by atoms with van der Waals surface area (Å²) >= 11 is 3.93. The van der Waals surface area contributed by atoms with E-state index in [9.17, 15) is 19.2 Å². The number of hydrogen-bond acceptors (Lipinski definition) is 6. The highest BCUT2D eigenvalue weighted by Crippen LogP contribution is 2.05. The lowest BCUT2D eigenvalue weighted by Gasteiger charge is -2.23. The van der Waals surface area contributed by atoms with Crippen molar-refractivity contribution in [2.24, 2.45) is 5.73 Å². The molecule has 0 aliphatic heterocycles. The van der Waals surface area contributed by atoms with Gasteiger partial charge in [0.1, 0.15) is 18.1 Å². The average molecular weight is 410 g/mol. The topological polar surface area (TPSA) is 151 Å². The highest BCUT2D eigenvalue weighted by Gasteiger charge is 2.27. The molecule has 3 amide bonds. The minimum Gasteiger partial charge on any atom is -0.480 e. The molecule has 0 bridgehead atoms. The van der Waals surface area contributed by atoms with Crippen LogP contribution in [-0.4, -0.2) is 58.7 Å². The number of nitrogens with one attached hydrogen (secondary N) is 3. The number of rotatable bonds is 10. The Kier molecular flexibility index (Phi) is 9.46. The van der Waals surface area contributed by atoms with Gasteiger partial charge in [-0.25, -0.2) is 0 Å². The van der Waals surface area contributed by atoms with Crippen LogP contribution >= 0.6 is 12.6 Å². The Hall–Kier alpha value is -2.59. The molecule has 154 valence electrons. The number of carbonyl (C=O) groups is 4. The third-order valence-corrected chi connectivity index (χ3v) is 4.32. The van der Waals surface area contributed by atoms with Gasteiger partial charge in [0.2, 0.25) is 17.7 Å². The van der Waals surface area contributed by atoms with Gasteiger partial charge in [0.25, 0.3) is 0 Å². The van der Waals surface area contributed by atoms with Gasteiger partial charge in [0, 0.05) is 12.2 Å². The summed E-state index contributed by atoms with van der Waals surface area (Å²) < 4.78 is 0. The SMILES string of the molecule is CC(NC(=O)C(Cc1ccccc1)NC(=O)C(C)NC(=O)C(N)CS)C(=O)O. The number of nitrogens with two attached hydrogens (primary N) is 1. The van der Waals surface area contributed by atoms with Crippen LogP contribution in [0.1, 0.15) is 19.4 Å². The molecule has 10 heteroatoms. The fourth-order valence-electron chi connectivity index (χ4n) is 2.20. The van der Waals surface area contributed by atoms with Crippen molar-refractivity contribution >= 4 is 36.3 Å². The molecule has 0 saturated heterocycles. The number of amides is 3. The summed E-state index contributed by atoms with van der Waals surface area (Å²) in [4.78, 5) is 47.7. The van der Waals surface area contributed by atoms with E-state index < -0.39 is 47.9 Å². The Bertz CT molecular complexity index is 700. The summed E-state index contributed by atoms with van der Waals surface area (Å²) in [5.41, 5.74) is 6.34. The Labute approximate surface area is 168 Å². The molecule has 0 radical (unpaired) electrons. The molecular formula is C18H26N4O5S. The zero-order valence-corrected chi connectivity index (χ0v) is 16.6. The molecule has 1 aromatic carbocycles. The van der Waals surface area contributed by atoms with E-state index in [-0.39, 0.29) is 12.2 Å². The maximum absolute atomic E-state index is 12.5. The van der Waals surface area contributed by atoms with Crippen molar-refractivity contribution in [1.82, 2.24) is 16.0 Å². The molecule has 4 unspecified atom stereocenters. The van der Waals surface area contributed by atoms with Gasteiger partial charge in [-0.15, -0.1) is 0 Å². The van der Waals surface area contributed by atoms with Crippen molar-refractivity contribution in [3.63, 3.8) is 0 Å². The first-order valence-corrected chi connectivity index (χ1v) is 9.33. The number of carboxylic acids is 1. The molecule has 0 aliphatic rings. The highest BCUT2D eigenvalue weighted by atomic mass is 32.1. The molecule has 1 rings (SSSR count). The van der Waals surface area contributed by atoms with E-state index in [1.54, 1.807) is 24.3 Å². The molecule has 9 nitrogen and oxygen atoms in total. The predicted molar refractivity (Wildman–Crippen MR) is 107 cm³/mol. The zero-order chi connectivity index (χ0) is 21.3. The number of hydrogen-bond donors (Lipinski definition) is 6. The standard InChI is InChI=1S/C18H26N4O5S/c1-10(20-16(24)13(19)9-28)15(23)22-14(8-12-6-4-3-5-7-12)17(25)21-11(2)18(26)27/h3-7,10-11,13-14,28H,8-9,19H2,1-2H3,(H,20,24)(H,21,25)(H,22,23)(H,26,27). The Balaban J connectivity index is 2.85. The van der Waals surface area contributed by atoms with Crippen LogP contribution in [0.25, 0.3) is 0 Å². The lowest BCUT2D eigenvalue weighted by Crippen LogP contribution is -2.56. The van der Waals surface area contributed by atoms with Gasteiger partial charge in [0.15, 0.2) is 0 Å². The second-order valence-corrected chi connectivity index (χ2v) is 6.70. The van der Waals surface area contributed by atoms with Crippen LogP contribution < -0.4 is 21.7 Å². The van der Waals surface area contributed by atoms with Crippen LogP contribution in [0.4, 0.5) is 0 Å². The lowest BCUT2D eigenvalue weighted by molar-refractivity contribution is -0.141. The fraction of sp³-hybridized carbons (Fsp3) is 0.444. The van der Waals surface area contributed by atoms with Gasteiger partial charge in [-0.2, -0.15) is 12.6 Å². The molecule has 0 fully saturated rings. The summed E-state index contributed by atoms with van der Waals surface area (Å²) in [6.07, 6.45) is 0.154. The maximum Gasteiger partial charge on any atom is 0.325 e. The van der Waals surface area contributed by atoms with Gasteiger partial charge >= 0.3 is 5.97 Å². The van der Waals surface area contributed by atoms with Crippen LogP contribution in [0.3, 0.4) is 0 Å². The lowest BCUT2D eigenvalue weighted by atomic mass is 10.0. The quantitative estimate of drug-likeness (QED) is 0.274. The van der Waals surface area contributed by atoms with Crippen LogP contribution in [0.15, 0.2) is 30.3 Å². The first-order chi connectivity index (χ1) is 13.1. The highest BCUT2D eigenvalue weighted by molar-refractivity contribution is 7.80. The smallest absolute Gasteiger partial charge is 0.325 e. The Morgan fingerprint density at radius 3 is 2.07 bits per heavy atom. The first-order valence-electron chi connectivity index (χ1n) is 8.70. The van der Waals surface area contributed by atoms with Crippen LogP contribution in [0.2, 0.25) is 0 Å². The molecule has 4 atom stereocenters. The second-order valence-electron chi connectivity index (χ2n) is 6.34. The number of carbonyl (C=O) groups excluding carboxylic acids is 3. The Morgan fingerprint density at radius 2 is 1.54 bits per heavy atom. The van der Waals surface area contributed by atoms with Crippen LogP contribution in [-0.2, 0) is 25.6 Å². The van der Waals surface area contributed by atoms with E-state index in [0.717, 1.165) is 5.56 Å². The van der Waals surface area contributed by atoms with E-state index >= 15 is 0 Å². The molecule has 6 N–H and O–H groups in total. The molecule has 0 aliphatic carbocycles. The first kappa shape index (κ1) is 23.4. The minimum atomic E-state index is -1.19. The van der Waals surface area contributed by atoms with Crippen molar-refractivity contribution in [2.45, 2.75) is 44.4 Å². The van der Waals surface area contributed by atoms with Crippen molar-refractivity contribution in [3.8, 4) is 0 Å². The summed E-state index contributed by atoms with van der Waals surface area (Å²) in [6.45, 7) is 2.78. The third-order valence-electron chi connectivity index (χ3n) is 3.93. The van der Waals surface area contributed by atoms with E-state index in [1.807, 2.05) is 6.07 Å². The molecule has 0 aromatic heterocycles. The third kappa shape index (κ3) is 7.57. The van der Waals surface area contributed by atoms with Crippen molar-refractivity contribution < 1.29 is 24.3 Å². The molecule has 0 heterocycles. The minimum absolute atomic E-state index is 0.117. The number of thiol groups is 1. The monoisotopic (exact) mass is 410 g/mol. The molecule has 0 saturated carbocycles. The van der Waals surface area contributed by atoms with Gasteiger partial charge in [-0.1, -0.05) is 30.3 Å². The number of carboxylic acid groups (broad SMARTS) is 1. The maximum atomic E-state index is 12.5. The normalized spacial score (nSPS) is 14.9.